The number of para-hydroxylation sites is 1. The van der Waals surface area contributed by atoms with Crippen molar-refractivity contribution in [2.24, 2.45) is 0 Å². The smallest absolute Gasteiger partial charge is 0.282 e. The van der Waals surface area contributed by atoms with E-state index in [2.05, 4.69) is 5.32 Å². The van der Waals surface area contributed by atoms with E-state index < -0.39 is 0 Å². The molecule has 27 heavy (non-hydrogen) atoms. The number of carbonyl (C=O) groups excluding carboxylic acids is 1. The molecule has 0 aromatic heterocycles. The SMILES string of the molecule is C[C@@H](C(=O)Nc1cccc(Cl)c1)[NH+]1CC[NH+](CCOc2ccccc2)CC1. The first kappa shape index (κ1) is 19.7. The number of ether oxygens (including phenoxy) is 1. The van der Waals surface area contributed by atoms with E-state index in [1.807, 2.05) is 49.4 Å². The predicted molar refractivity (Wildman–Crippen MR) is 108 cm³/mol. The molecule has 0 saturated carbocycles. The first-order valence-electron chi connectivity index (χ1n) is 9.54. The van der Waals surface area contributed by atoms with Crippen LogP contribution < -0.4 is 19.9 Å². The monoisotopic (exact) mass is 389 g/mol. The third-order valence-electron chi connectivity index (χ3n) is 5.16. The van der Waals surface area contributed by atoms with Gasteiger partial charge in [-0.1, -0.05) is 35.9 Å². The summed E-state index contributed by atoms with van der Waals surface area (Å²) in [6.07, 6.45) is 0. The van der Waals surface area contributed by atoms with Crippen molar-refractivity contribution in [3.05, 3.63) is 59.6 Å². The molecule has 1 atom stereocenters. The molecule has 1 fully saturated rings. The average Bonchev–Trinajstić information content (AvgIpc) is 2.69. The van der Waals surface area contributed by atoms with Crippen LogP contribution in [0, 0.1) is 0 Å². The van der Waals surface area contributed by atoms with Gasteiger partial charge in [-0.25, -0.2) is 0 Å². The standard InChI is InChI=1S/C21H26ClN3O2/c1-17(21(26)23-19-7-5-6-18(22)16-19)25-12-10-24(11-13-25)14-15-27-20-8-3-2-4-9-20/h2-9,16-17H,10-15H2,1H3,(H,23,26)/p+2/t17-/m0/s1. The summed E-state index contributed by atoms with van der Waals surface area (Å²) in [4.78, 5) is 15.4. The van der Waals surface area contributed by atoms with E-state index in [4.69, 9.17) is 16.3 Å². The second-order valence-electron chi connectivity index (χ2n) is 7.04. The van der Waals surface area contributed by atoms with Gasteiger partial charge in [0.2, 0.25) is 0 Å². The van der Waals surface area contributed by atoms with Crippen LogP contribution in [0.2, 0.25) is 5.02 Å². The number of piperazine rings is 1. The van der Waals surface area contributed by atoms with Gasteiger partial charge >= 0.3 is 0 Å². The molecule has 1 aliphatic heterocycles. The van der Waals surface area contributed by atoms with E-state index in [0.717, 1.165) is 50.8 Å². The van der Waals surface area contributed by atoms with Crippen LogP contribution >= 0.6 is 11.6 Å². The van der Waals surface area contributed by atoms with Gasteiger partial charge in [0.25, 0.3) is 5.91 Å². The number of quaternary nitrogens is 2. The van der Waals surface area contributed by atoms with Crippen molar-refractivity contribution < 1.29 is 19.3 Å². The van der Waals surface area contributed by atoms with Crippen molar-refractivity contribution in [2.75, 3.05) is 44.6 Å². The number of nitrogens with one attached hydrogen (secondary N) is 3. The lowest BCUT2D eigenvalue weighted by Crippen LogP contribution is -3.30. The Morgan fingerprint density at radius 1 is 1.11 bits per heavy atom. The first-order valence-corrected chi connectivity index (χ1v) is 9.92. The number of hydrogen-bond acceptors (Lipinski definition) is 2. The number of rotatable bonds is 7. The minimum absolute atomic E-state index is 0.0446. The summed E-state index contributed by atoms with van der Waals surface area (Å²) in [7, 11) is 0. The molecule has 2 aromatic carbocycles. The molecular weight excluding hydrogens is 362 g/mol. The summed E-state index contributed by atoms with van der Waals surface area (Å²) >= 11 is 5.98. The highest BCUT2D eigenvalue weighted by molar-refractivity contribution is 6.30. The summed E-state index contributed by atoms with van der Waals surface area (Å²) in [5.41, 5.74) is 0.751. The van der Waals surface area contributed by atoms with Crippen LogP contribution in [0.3, 0.4) is 0 Å². The van der Waals surface area contributed by atoms with Gasteiger partial charge in [0.1, 0.15) is 45.1 Å². The van der Waals surface area contributed by atoms with Crippen LogP contribution in [0.15, 0.2) is 54.6 Å². The molecule has 144 valence electrons. The molecule has 0 aliphatic carbocycles. The van der Waals surface area contributed by atoms with Crippen LogP contribution in [0.25, 0.3) is 0 Å². The van der Waals surface area contributed by atoms with Gasteiger partial charge in [0.15, 0.2) is 6.04 Å². The van der Waals surface area contributed by atoms with E-state index >= 15 is 0 Å². The van der Waals surface area contributed by atoms with Crippen LogP contribution in [0.5, 0.6) is 5.75 Å². The molecule has 6 heteroatoms. The molecule has 0 bridgehead atoms. The Balaban J connectivity index is 1.39. The molecule has 3 N–H and O–H groups in total. The van der Waals surface area contributed by atoms with E-state index in [1.165, 1.54) is 9.80 Å². The minimum Gasteiger partial charge on any atom is -0.488 e. The summed E-state index contributed by atoms with van der Waals surface area (Å²) in [5.74, 6) is 0.968. The Bertz CT molecular complexity index is 733. The molecule has 1 aliphatic rings. The maximum absolute atomic E-state index is 12.5. The van der Waals surface area contributed by atoms with Gasteiger partial charge < -0.3 is 19.9 Å². The minimum atomic E-state index is -0.0777. The fourth-order valence-corrected chi connectivity index (χ4v) is 3.63. The average molecular weight is 390 g/mol. The highest BCUT2D eigenvalue weighted by atomic mass is 35.5. The van der Waals surface area contributed by atoms with Crippen molar-refractivity contribution in [3.63, 3.8) is 0 Å². The first-order chi connectivity index (χ1) is 13.1. The van der Waals surface area contributed by atoms with Gasteiger partial charge in [-0.3, -0.25) is 4.79 Å². The predicted octanol–water partition coefficient (Wildman–Crippen LogP) is 0.529. The molecule has 5 nitrogen and oxygen atoms in total. The fourth-order valence-electron chi connectivity index (χ4n) is 3.44. The number of hydrogen-bond donors (Lipinski definition) is 3. The van der Waals surface area contributed by atoms with Crippen molar-refractivity contribution in [1.29, 1.82) is 0 Å². The Kier molecular flexibility index (Phi) is 7.10. The highest BCUT2D eigenvalue weighted by Gasteiger charge is 2.30. The quantitative estimate of drug-likeness (QED) is 0.647. The number of amides is 1. The number of anilines is 1. The highest BCUT2D eigenvalue weighted by Crippen LogP contribution is 2.14. The second-order valence-corrected chi connectivity index (χ2v) is 7.48. The zero-order valence-electron chi connectivity index (χ0n) is 15.7. The Morgan fingerprint density at radius 3 is 2.56 bits per heavy atom. The van der Waals surface area contributed by atoms with E-state index in [1.54, 1.807) is 12.1 Å². The summed E-state index contributed by atoms with van der Waals surface area (Å²) < 4.78 is 5.79. The number of benzene rings is 2. The lowest BCUT2D eigenvalue weighted by molar-refractivity contribution is -1.02. The lowest BCUT2D eigenvalue weighted by atomic mass is 10.2. The van der Waals surface area contributed by atoms with Gasteiger partial charge in [0, 0.05) is 10.7 Å². The molecule has 0 unspecified atom stereocenters. The topological polar surface area (TPSA) is 47.2 Å². The zero-order chi connectivity index (χ0) is 19.1. The third-order valence-corrected chi connectivity index (χ3v) is 5.40. The Labute approximate surface area is 165 Å². The molecule has 1 amide bonds. The fraction of sp³-hybridized carbons (Fsp3) is 0.381. The molecule has 2 aromatic rings. The Hall–Kier alpha value is -2.08. The van der Waals surface area contributed by atoms with Crippen LogP contribution in [0.1, 0.15) is 6.92 Å². The normalized spacial score (nSPS) is 20.7. The van der Waals surface area contributed by atoms with Crippen molar-refractivity contribution >= 4 is 23.2 Å². The number of carbonyl (C=O) groups is 1. The molecule has 1 heterocycles. The number of halogens is 1. The Morgan fingerprint density at radius 2 is 1.85 bits per heavy atom. The van der Waals surface area contributed by atoms with Crippen LogP contribution in [-0.4, -0.2) is 51.3 Å². The van der Waals surface area contributed by atoms with Gasteiger partial charge in [-0.05, 0) is 37.3 Å². The zero-order valence-corrected chi connectivity index (χ0v) is 16.5. The molecular formula is C21H28ClN3O2+2. The third kappa shape index (κ3) is 5.96. The summed E-state index contributed by atoms with van der Waals surface area (Å²) in [6.45, 7) is 7.81. The summed E-state index contributed by atoms with van der Waals surface area (Å²) in [6, 6.07) is 17.1. The maximum atomic E-state index is 12.5. The van der Waals surface area contributed by atoms with E-state index in [9.17, 15) is 4.79 Å². The largest absolute Gasteiger partial charge is 0.488 e. The van der Waals surface area contributed by atoms with Crippen molar-refractivity contribution in [1.82, 2.24) is 0 Å². The maximum Gasteiger partial charge on any atom is 0.282 e. The molecule has 0 radical (unpaired) electrons. The van der Waals surface area contributed by atoms with Crippen LogP contribution in [0.4, 0.5) is 5.69 Å². The van der Waals surface area contributed by atoms with Crippen LogP contribution in [-0.2, 0) is 4.79 Å². The molecule has 1 saturated heterocycles. The lowest BCUT2D eigenvalue weighted by Gasteiger charge is -2.32. The molecule has 0 spiro atoms. The van der Waals surface area contributed by atoms with E-state index in [-0.39, 0.29) is 11.9 Å². The van der Waals surface area contributed by atoms with Gasteiger partial charge in [-0.2, -0.15) is 0 Å². The van der Waals surface area contributed by atoms with Crippen molar-refractivity contribution in [2.45, 2.75) is 13.0 Å². The van der Waals surface area contributed by atoms with Gasteiger partial charge in [0.05, 0.1) is 0 Å². The second kappa shape index (κ2) is 9.74. The van der Waals surface area contributed by atoms with E-state index in [0.29, 0.717) is 5.02 Å². The van der Waals surface area contributed by atoms with Crippen molar-refractivity contribution in [3.8, 4) is 5.75 Å². The van der Waals surface area contributed by atoms with Gasteiger partial charge in [-0.15, -0.1) is 0 Å². The summed E-state index contributed by atoms with van der Waals surface area (Å²) in [5, 5.41) is 3.60. The molecule has 3 rings (SSSR count).